The number of rotatable bonds is 10. The number of aromatic amines is 1. The molecular weight excluding hydrogens is 420 g/mol. The topological polar surface area (TPSA) is 191 Å². The van der Waals surface area contributed by atoms with Crippen molar-refractivity contribution in [2.24, 2.45) is 11.7 Å². The van der Waals surface area contributed by atoms with Gasteiger partial charge in [0.25, 0.3) is 0 Å². The molecule has 178 valence electrons. The van der Waals surface area contributed by atoms with E-state index >= 15 is 0 Å². The molecule has 3 amide bonds. The Morgan fingerprint density at radius 2 is 1.97 bits per heavy atom. The van der Waals surface area contributed by atoms with Crippen LogP contribution in [-0.4, -0.2) is 85.6 Å². The number of aromatic nitrogens is 2. The van der Waals surface area contributed by atoms with E-state index in [1.165, 1.54) is 24.3 Å². The van der Waals surface area contributed by atoms with Gasteiger partial charge in [-0.15, -0.1) is 0 Å². The number of aliphatic carboxylic acids is 1. The first-order chi connectivity index (χ1) is 15.0. The van der Waals surface area contributed by atoms with Gasteiger partial charge in [0.15, 0.2) is 0 Å². The predicted octanol–water partition coefficient (Wildman–Crippen LogP) is -1.64. The lowest BCUT2D eigenvalue weighted by Crippen LogP contribution is -2.59. The van der Waals surface area contributed by atoms with Crippen molar-refractivity contribution in [1.82, 2.24) is 25.5 Å². The van der Waals surface area contributed by atoms with Crippen molar-refractivity contribution in [2.45, 2.75) is 70.3 Å². The van der Waals surface area contributed by atoms with Crippen LogP contribution >= 0.6 is 0 Å². The molecule has 5 unspecified atom stereocenters. The number of aliphatic hydroxyl groups is 1. The highest BCUT2D eigenvalue weighted by atomic mass is 16.4. The third-order valence-electron chi connectivity index (χ3n) is 5.48. The molecule has 1 aromatic rings. The second-order valence-corrected chi connectivity index (χ2v) is 8.37. The van der Waals surface area contributed by atoms with Crippen molar-refractivity contribution in [1.29, 1.82) is 0 Å². The van der Waals surface area contributed by atoms with Gasteiger partial charge in [-0.05, 0) is 25.7 Å². The summed E-state index contributed by atoms with van der Waals surface area (Å²) in [6.45, 7) is 5.16. The van der Waals surface area contributed by atoms with Gasteiger partial charge < -0.3 is 36.5 Å². The summed E-state index contributed by atoms with van der Waals surface area (Å²) in [6.07, 6.45) is 2.75. The summed E-state index contributed by atoms with van der Waals surface area (Å²) < 4.78 is 0. The number of carboxylic acids is 1. The fraction of sp³-hybridized carbons (Fsp3) is 0.650. The van der Waals surface area contributed by atoms with Crippen LogP contribution in [0.4, 0.5) is 0 Å². The van der Waals surface area contributed by atoms with Gasteiger partial charge >= 0.3 is 5.97 Å². The Bertz CT molecular complexity index is 812. The van der Waals surface area contributed by atoms with Gasteiger partial charge in [0.05, 0.1) is 12.4 Å². The SMILES string of the molecule is CC(C)C(NC(=O)C(N)C(C)O)C(=O)N1CCCC1C(=O)NC(Cc1cnc[nH]1)C(=O)O. The van der Waals surface area contributed by atoms with Gasteiger partial charge in [-0.3, -0.25) is 14.4 Å². The average molecular weight is 453 g/mol. The molecule has 0 bridgehead atoms. The number of imidazole rings is 1. The molecule has 1 aromatic heterocycles. The largest absolute Gasteiger partial charge is 0.480 e. The third kappa shape index (κ3) is 6.26. The summed E-state index contributed by atoms with van der Waals surface area (Å²) in [5.41, 5.74) is 6.21. The highest BCUT2D eigenvalue weighted by molar-refractivity contribution is 5.94. The van der Waals surface area contributed by atoms with Gasteiger partial charge in [-0.25, -0.2) is 9.78 Å². The molecule has 1 aliphatic heterocycles. The van der Waals surface area contributed by atoms with E-state index in [-0.39, 0.29) is 12.3 Å². The maximum atomic E-state index is 13.2. The quantitative estimate of drug-likeness (QED) is 0.243. The molecule has 0 spiro atoms. The van der Waals surface area contributed by atoms with Crippen LogP contribution in [0.25, 0.3) is 0 Å². The number of nitrogens with zero attached hydrogens (tertiary/aromatic N) is 2. The Balaban J connectivity index is 2.10. The van der Waals surface area contributed by atoms with Crippen LogP contribution in [-0.2, 0) is 25.6 Å². The Hall–Kier alpha value is -2.99. The van der Waals surface area contributed by atoms with Crippen molar-refractivity contribution >= 4 is 23.7 Å². The number of likely N-dealkylation sites (tertiary alicyclic amines) is 1. The number of carbonyl (C=O) groups is 4. The standard InChI is InChI=1S/C20H32N6O6/c1-10(2)16(25-18(29)15(21)11(3)27)19(30)26-6-4-5-14(26)17(28)24-13(20(31)32)7-12-8-22-9-23-12/h8-11,13-16,27H,4-7,21H2,1-3H3,(H,22,23)(H,24,28)(H,25,29)(H,31,32). The lowest BCUT2D eigenvalue weighted by atomic mass is 10.0. The van der Waals surface area contributed by atoms with E-state index in [0.29, 0.717) is 25.1 Å². The van der Waals surface area contributed by atoms with Gasteiger partial charge in [0, 0.05) is 24.9 Å². The Morgan fingerprint density at radius 3 is 2.50 bits per heavy atom. The lowest BCUT2D eigenvalue weighted by molar-refractivity contribution is -0.145. The molecule has 32 heavy (non-hydrogen) atoms. The Labute approximate surface area is 185 Å². The van der Waals surface area contributed by atoms with Crippen molar-refractivity contribution in [3.8, 4) is 0 Å². The molecule has 1 saturated heterocycles. The van der Waals surface area contributed by atoms with E-state index in [4.69, 9.17) is 5.73 Å². The van der Waals surface area contributed by atoms with E-state index in [2.05, 4.69) is 20.6 Å². The lowest BCUT2D eigenvalue weighted by Gasteiger charge is -2.31. The average Bonchev–Trinajstić information content (AvgIpc) is 3.41. The molecule has 5 atom stereocenters. The number of carbonyl (C=O) groups excluding carboxylic acids is 3. The number of carboxylic acid groups (broad SMARTS) is 1. The molecule has 0 aliphatic carbocycles. The van der Waals surface area contributed by atoms with Gasteiger partial charge in [0.2, 0.25) is 17.7 Å². The van der Waals surface area contributed by atoms with Gasteiger partial charge in [-0.1, -0.05) is 13.8 Å². The molecule has 2 rings (SSSR count). The first-order valence-electron chi connectivity index (χ1n) is 10.6. The van der Waals surface area contributed by atoms with Crippen molar-refractivity contribution in [2.75, 3.05) is 6.54 Å². The van der Waals surface area contributed by atoms with E-state index in [1.54, 1.807) is 13.8 Å². The minimum absolute atomic E-state index is 0.0175. The van der Waals surface area contributed by atoms with Gasteiger partial charge in [0.1, 0.15) is 24.2 Å². The van der Waals surface area contributed by atoms with Crippen LogP contribution in [0.15, 0.2) is 12.5 Å². The Morgan fingerprint density at radius 1 is 1.28 bits per heavy atom. The van der Waals surface area contributed by atoms with Crippen molar-refractivity contribution in [3.05, 3.63) is 18.2 Å². The molecule has 12 heteroatoms. The second kappa shape index (κ2) is 11.0. The summed E-state index contributed by atoms with van der Waals surface area (Å²) in [6, 6.07) is -4.18. The molecule has 0 saturated carbocycles. The molecule has 1 aliphatic rings. The van der Waals surface area contributed by atoms with Crippen LogP contribution in [0.5, 0.6) is 0 Å². The molecule has 0 radical (unpaired) electrons. The number of nitrogens with one attached hydrogen (secondary N) is 3. The molecule has 1 fully saturated rings. The minimum Gasteiger partial charge on any atom is -0.480 e. The Kier molecular flexibility index (Phi) is 8.72. The van der Waals surface area contributed by atoms with Crippen LogP contribution in [0.1, 0.15) is 39.3 Å². The summed E-state index contributed by atoms with van der Waals surface area (Å²) in [5.74, 6) is -3.20. The summed E-state index contributed by atoms with van der Waals surface area (Å²) in [4.78, 5) is 58.0. The monoisotopic (exact) mass is 452 g/mol. The molecule has 7 N–H and O–H groups in total. The third-order valence-corrected chi connectivity index (χ3v) is 5.48. The predicted molar refractivity (Wildman–Crippen MR) is 113 cm³/mol. The molecule has 12 nitrogen and oxygen atoms in total. The number of amides is 3. The number of aliphatic hydroxyl groups excluding tert-OH is 1. The van der Waals surface area contributed by atoms with Crippen LogP contribution in [0.2, 0.25) is 0 Å². The number of hydrogen-bond acceptors (Lipinski definition) is 7. The van der Waals surface area contributed by atoms with Crippen LogP contribution in [0.3, 0.4) is 0 Å². The number of nitrogens with two attached hydrogens (primary N) is 1. The van der Waals surface area contributed by atoms with E-state index in [9.17, 15) is 29.4 Å². The summed E-state index contributed by atoms with van der Waals surface area (Å²) in [7, 11) is 0. The first-order valence-corrected chi connectivity index (χ1v) is 10.6. The zero-order valence-electron chi connectivity index (χ0n) is 18.4. The maximum Gasteiger partial charge on any atom is 0.326 e. The fourth-order valence-corrected chi connectivity index (χ4v) is 3.55. The molecule has 0 aromatic carbocycles. The molecular formula is C20H32N6O6. The van der Waals surface area contributed by atoms with Gasteiger partial charge in [-0.2, -0.15) is 0 Å². The number of H-pyrrole nitrogens is 1. The highest BCUT2D eigenvalue weighted by Crippen LogP contribution is 2.21. The van der Waals surface area contributed by atoms with Crippen molar-refractivity contribution in [3.63, 3.8) is 0 Å². The van der Waals surface area contributed by atoms with Crippen LogP contribution in [0, 0.1) is 5.92 Å². The van der Waals surface area contributed by atoms with E-state index < -0.39 is 54.0 Å². The summed E-state index contributed by atoms with van der Waals surface area (Å²) >= 11 is 0. The van der Waals surface area contributed by atoms with E-state index in [1.807, 2.05) is 0 Å². The zero-order chi connectivity index (χ0) is 24.0. The highest BCUT2D eigenvalue weighted by Gasteiger charge is 2.40. The molecule has 2 heterocycles. The zero-order valence-corrected chi connectivity index (χ0v) is 18.4. The number of hydrogen-bond donors (Lipinski definition) is 6. The minimum atomic E-state index is -1.21. The van der Waals surface area contributed by atoms with E-state index in [0.717, 1.165) is 0 Å². The van der Waals surface area contributed by atoms with Crippen molar-refractivity contribution < 1.29 is 29.4 Å². The fourth-order valence-electron chi connectivity index (χ4n) is 3.55. The second-order valence-electron chi connectivity index (χ2n) is 8.37. The first kappa shape index (κ1) is 25.3. The smallest absolute Gasteiger partial charge is 0.326 e. The van der Waals surface area contributed by atoms with Crippen LogP contribution < -0.4 is 16.4 Å². The normalized spacial score (nSPS) is 19.8. The summed E-state index contributed by atoms with van der Waals surface area (Å²) in [5, 5.41) is 24.1. The maximum absolute atomic E-state index is 13.2.